The first-order valence-corrected chi connectivity index (χ1v) is 16.5. The number of anilines is 1. The highest BCUT2D eigenvalue weighted by molar-refractivity contribution is 7.90. The summed E-state index contributed by atoms with van der Waals surface area (Å²) in [7, 11) is -5.62. The van der Waals surface area contributed by atoms with Gasteiger partial charge in [0.05, 0.1) is 33.5 Å². The highest BCUT2D eigenvalue weighted by Crippen LogP contribution is 2.47. The number of hydrogen-bond acceptors (Lipinski definition) is 7. The third-order valence-electron chi connectivity index (χ3n) is 8.31. The maximum Gasteiger partial charge on any atom is 0.239 e. The second kappa shape index (κ2) is 8.97. The Hall–Kier alpha value is -2.57. The van der Waals surface area contributed by atoms with Crippen molar-refractivity contribution in [2.24, 2.45) is 0 Å². The molecule has 2 aromatic carbocycles. The molecule has 39 heavy (non-hydrogen) atoms. The van der Waals surface area contributed by atoms with Gasteiger partial charge in [0.15, 0.2) is 9.84 Å². The zero-order valence-corrected chi connectivity index (χ0v) is 23.9. The fourth-order valence-corrected chi connectivity index (χ4v) is 8.75. The molecule has 9 nitrogen and oxygen atoms in total. The molecule has 1 spiro atoms. The Balaban J connectivity index is 1.42. The molecule has 0 bridgehead atoms. The molecule has 3 heterocycles. The van der Waals surface area contributed by atoms with E-state index in [1.807, 2.05) is 0 Å². The summed E-state index contributed by atoms with van der Waals surface area (Å²) in [5.41, 5.74) is 0.269. The molecule has 1 unspecified atom stereocenters. The molecule has 3 aromatic rings. The van der Waals surface area contributed by atoms with Crippen LogP contribution < -0.4 is 4.90 Å². The predicted molar refractivity (Wildman–Crippen MR) is 148 cm³/mol. The number of pyridine rings is 1. The van der Waals surface area contributed by atoms with Crippen molar-refractivity contribution in [1.82, 2.24) is 9.29 Å². The van der Waals surface area contributed by atoms with Gasteiger partial charge in [-0.25, -0.2) is 16.8 Å². The zero-order chi connectivity index (χ0) is 27.8. The number of rotatable bonds is 6. The van der Waals surface area contributed by atoms with E-state index in [0.29, 0.717) is 47.3 Å². The number of aromatic nitrogens is 1. The SMILES string of the molecule is COC1(CS(=O)(=O)N2Cc3ccc(Cl)cc3C3(CCN(c4cncc5cc(S(C)(=O)=O)ccc45)C3=O)C2)CC1. The van der Waals surface area contributed by atoms with Crippen molar-refractivity contribution in [1.29, 1.82) is 0 Å². The summed E-state index contributed by atoms with van der Waals surface area (Å²) in [6.45, 7) is 0.511. The number of carbonyl (C=O) groups excluding carboxylic acids is 1. The van der Waals surface area contributed by atoms with E-state index in [1.165, 1.54) is 17.5 Å². The van der Waals surface area contributed by atoms with Crippen LogP contribution in [0.5, 0.6) is 0 Å². The lowest BCUT2D eigenvalue weighted by atomic mass is 9.74. The van der Waals surface area contributed by atoms with Crippen LogP contribution in [-0.2, 0) is 41.4 Å². The average molecular weight is 590 g/mol. The van der Waals surface area contributed by atoms with Crippen LogP contribution in [0.2, 0.25) is 5.02 Å². The largest absolute Gasteiger partial charge is 0.377 e. The molecule has 2 aliphatic heterocycles. The van der Waals surface area contributed by atoms with Crippen LogP contribution in [0, 0.1) is 0 Å². The summed E-state index contributed by atoms with van der Waals surface area (Å²) < 4.78 is 58.3. The van der Waals surface area contributed by atoms with Crippen LogP contribution in [-0.4, -0.2) is 69.8 Å². The molecule has 0 N–H and O–H groups in total. The van der Waals surface area contributed by atoms with Gasteiger partial charge in [-0.05, 0) is 54.7 Å². The van der Waals surface area contributed by atoms with Gasteiger partial charge >= 0.3 is 0 Å². The van der Waals surface area contributed by atoms with Crippen LogP contribution in [0.15, 0.2) is 53.7 Å². The summed E-state index contributed by atoms with van der Waals surface area (Å²) in [4.78, 5) is 20.5. The van der Waals surface area contributed by atoms with Gasteiger partial charge in [0, 0.05) is 55.0 Å². The Morgan fingerprint density at radius 3 is 2.51 bits per heavy atom. The first-order valence-electron chi connectivity index (χ1n) is 12.6. The molecule has 1 saturated heterocycles. The second-order valence-electron chi connectivity index (χ2n) is 10.8. The Morgan fingerprint density at radius 2 is 1.82 bits per heavy atom. The van der Waals surface area contributed by atoms with Crippen molar-refractivity contribution < 1.29 is 26.4 Å². The van der Waals surface area contributed by atoms with Gasteiger partial charge in [-0.2, -0.15) is 4.31 Å². The lowest BCUT2D eigenvalue weighted by molar-refractivity contribution is -0.122. The Bertz CT molecular complexity index is 1740. The first kappa shape index (κ1) is 26.6. The van der Waals surface area contributed by atoms with E-state index in [9.17, 15) is 21.6 Å². The van der Waals surface area contributed by atoms with Gasteiger partial charge in [-0.15, -0.1) is 0 Å². The van der Waals surface area contributed by atoms with Crippen LogP contribution >= 0.6 is 11.6 Å². The zero-order valence-electron chi connectivity index (χ0n) is 21.6. The number of sulfonamides is 1. The molecule has 1 atom stereocenters. The minimum Gasteiger partial charge on any atom is -0.377 e. The number of nitrogens with zero attached hydrogens (tertiary/aromatic N) is 3. The minimum absolute atomic E-state index is 0.00816. The second-order valence-corrected chi connectivity index (χ2v) is 15.2. The van der Waals surface area contributed by atoms with Crippen LogP contribution in [0.1, 0.15) is 30.4 Å². The first-order chi connectivity index (χ1) is 18.4. The van der Waals surface area contributed by atoms with E-state index in [-0.39, 0.29) is 29.6 Å². The third-order valence-corrected chi connectivity index (χ3v) is 11.6. The number of halogens is 1. The Labute approximate surface area is 232 Å². The molecule has 3 aliphatic rings. The highest BCUT2D eigenvalue weighted by Gasteiger charge is 2.56. The monoisotopic (exact) mass is 589 g/mol. The van der Waals surface area contributed by atoms with Gasteiger partial charge in [-0.3, -0.25) is 9.78 Å². The Morgan fingerprint density at radius 1 is 1.05 bits per heavy atom. The van der Waals surface area contributed by atoms with Gasteiger partial charge in [0.2, 0.25) is 15.9 Å². The fraction of sp³-hybridized carbons (Fsp3) is 0.407. The van der Waals surface area contributed by atoms with E-state index in [1.54, 1.807) is 47.6 Å². The van der Waals surface area contributed by atoms with Crippen molar-refractivity contribution in [2.45, 2.75) is 41.7 Å². The fourth-order valence-electron chi connectivity index (χ4n) is 5.91. The molecular weight excluding hydrogens is 562 g/mol. The molecule has 1 saturated carbocycles. The van der Waals surface area contributed by atoms with E-state index in [4.69, 9.17) is 16.3 Å². The Kier molecular flexibility index (Phi) is 6.13. The highest BCUT2D eigenvalue weighted by atomic mass is 35.5. The summed E-state index contributed by atoms with van der Waals surface area (Å²) in [6, 6.07) is 10.0. The number of amides is 1. The normalized spacial score (nSPS) is 22.9. The maximum atomic E-state index is 14.4. The standard InChI is InChI=1S/C27H28ClN3O6S2/c1-37-26(7-8-26)17-39(35,36)30-15-18-3-4-20(28)12-23(18)27(16-30)9-10-31(25(27)32)24-14-29-13-19-11-21(38(2,33)34)5-6-22(19)24/h3-6,11-14H,7-10,15-17H2,1-2H3. The summed E-state index contributed by atoms with van der Waals surface area (Å²) >= 11 is 6.38. The minimum atomic E-state index is -3.73. The van der Waals surface area contributed by atoms with E-state index < -0.39 is 30.9 Å². The predicted octanol–water partition coefficient (Wildman–Crippen LogP) is 3.29. The van der Waals surface area contributed by atoms with Crippen molar-refractivity contribution >= 4 is 53.8 Å². The number of hydrogen-bond donors (Lipinski definition) is 0. The van der Waals surface area contributed by atoms with Crippen molar-refractivity contribution in [3.05, 3.63) is 64.9 Å². The summed E-state index contributed by atoms with van der Waals surface area (Å²) in [5, 5.41) is 1.76. The average Bonchev–Trinajstić information content (AvgIpc) is 3.59. The molecule has 0 radical (unpaired) electrons. The van der Waals surface area contributed by atoms with Crippen molar-refractivity contribution in [3.8, 4) is 0 Å². The summed E-state index contributed by atoms with van der Waals surface area (Å²) in [5.74, 6) is -0.358. The van der Waals surface area contributed by atoms with Gasteiger partial charge < -0.3 is 9.64 Å². The lowest BCUT2D eigenvalue weighted by Gasteiger charge is -2.40. The molecule has 1 aromatic heterocycles. The van der Waals surface area contributed by atoms with Crippen LogP contribution in [0.3, 0.4) is 0 Å². The molecule has 6 rings (SSSR count). The van der Waals surface area contributed by atoms with Crippen molar-refractivity contribution in [2.75, 3.05) is 37.1 Å². The molecule has 12 heteroatoms. The number of methoxy groups -OCH3 is 1. The molecule has 1 amide bonds. The van der Waals surface area contributed by atoms with E-state index >= 15 is 0 Å². The molecule has 2 fully saturated rings. The lowest BCUT2D eigenvalue weighted by Crippen LogP contribution is -2.53. The number of sulfone groups is 1. The van der Waals surface area contributed by atoms with Crippen LogP contribution in [0.25, 0.3) is 10.8 Å². The van der Waals surface area contributed by atoms with Gasteiger partial charge in [0.25, 0.3) is 0 Å². The van der Waals surface area contributed by atoms with Gasteiger partial charge in [-0.1, -0.05) is 23.7 Å². The van der Waals surface area contributed by atoms with E-state index in [2.05, 4.69) is 4.98 Å². The number of benzene rings is 2. The third kappa shape index (κ3) is 4.44. The maximum absolute atomic E-state index is 14.4. The molecule has 206 valence electrons. The summed E-state index contributed by atoms with van der Waals surface area (Å²) in [6.07, 6.45) is 6.06. The van der Waals surface area contributed by atoms with E-state index in [0.717, 1.165) is 17.4 Å². The van der Waals surface area contributed by atoms with Gasteiger partial charge in [0.1, 0.15) is 0 Å². The number of ether oxygens (including phenoxy) is 1. The topological polar surface area (TPSA) is 114 Å². The van der Waals surface area contributed by atoms with Crippen molar-refractivity contribution in [3.63, 3.8) is 0 Å². The number of carbonyl (C=O) groups is 1. The van der Waals surface area contributed by atoms with Crippen LogP contribution in [0.4, 0.5) is 5.69 Å². The number of fused-ring (bicyclic) bond motifs is 3. The quantitative estimate of drug-likeness (QED) is 0.433. The smallest absolute Gasteiger partial charge is 0.239 e. The molecule has 1 aliphatic carbocycles. The molecular formula is C27H28ClN3O6S2.